The topological polar surface area (TPSA) is 74.7 Å². The largest absolute Gasteiger partial charge is 0.444 e. The molecule has 0 spiro atoms. The van der Waals surface area contributed by atoms with Crippen LogP contribution in [0.5, 0.6) is 0 Å². The zero-order valence-electron chi connectivity index (χ0n) is 15.0. The minimum atomic E-state index is -0.560. The van der Waals surface area contributed by atoms with Crippen LogP contribution >= 0.6 is 0 Å². The minimum absolute atomic E-state index is 0.257. The molecule has 6 heteroatoms. The molecule has 1 fully saturated rings. The van der Waals surface area contributed by atoms with Crippen LogP contribution in [-0.4, -0.2) is 45.9 Å². The molecule has 0 aliphatic carbocycles. The quantitative estimate of drug-likeness (QED) is 0.895. The van der Waals surface area contributed by atoms with Crippen molar-refractivity contribution in [2.45, 2.75) is 45.4 Å². The van der Waals surface area contributed by atoms with Gasteiger partial charge < -0.3 is 9.84 Å². The molecule has 134 valence electrons. The monoisotopic (exact) mass is 343 g/mol. The van der Waals surface area contributed by atoms with E-state index in [1.165, 1.54) is 0 Å². The first kappa shape index (κ1) is 17.6. The van der Waals surface area contributed by atoms with E-state index in [0.717, 1.165) is 29.4 Å². The number of benzene rings is 1. The van der Waals surface area contributed by atoms with Crippen LogP contribution in [-0.2, 0) is 11.3 Å². The Labute approximate surface area is 147 Å². The van der Waals surface area contributed by atoms with Crippen LogP contribution in [0.15, 0.2) is 30.3 Å². The molecule has 2 aromatic rings. The molecule has 6 nitrogen and oxygen atoms in total. The molecule has 1 aromatic carbocycles. The summed E-state index contributed by atoms with van der Waals surface area (Å²) >= 11 is 0. The molecule has 0 bridgehead atoms. The Morgan fingerprint density at radius 1 is 1.40 bits per heavy atom. The lowest BCUT2D eigenvalue weighted by Crippen LogP contribution is -2.27. The van der Waals surface area contributed by atoms with E-state index < -0.39 is 11.7 Å². The van der Waals surface area contributed by atoms with Gasteiger partial charge in [-0.05, 0) is 44.9 Å². The molecular formula is C19H25N3O3. The molecule has 3 rings (SSSR count). The summed E-state index contributed by atoms with van der Waals surface area (Å²) in [6.45, 7) is 7.72. The molecule has 1 atom stereocenters. The average molecular weight is 343 g/mol. The van der Waals surface area contributed by atoms with Crippen molar-refractivity contribution < 1.29 is 14.6 Å². The maximum atomic E-state index is 12.0. The van der Waals surface area contributed by atoms with Crippen molar-refractivity contribution in [2.75, 3.05) is 18.4 Å². The van der Waals surface area contributed by atoms with E-state index in [0.29, 0.717) is 18.9 Å². The number of fused-ring (bicyclic) bond motifs is 1. The number of ether oxygens (including phenoxy) is 1. The Bertz CT molecular complexity index is 770. The lowest BCUT2D eigenvalue weighted by molar-refractivity contribution is 0.0635. The number of pyridine rings is 1. The lowest BCUT2D eigenvalue weighted by Gasteiger charge is -2.20. The number of aliphatic hydroxyl groups is 1. The van der Waals surface area contributed by atoms with E-state index in [4.69, 9.17) is 4.74 Å². The van der Waals surface area contributed by atoms with Gasteiger partial charge in [-0.25, -0.2) is 9.78 Å². The molecule has 25 heavy (non-hydrogen) atoms. The molecule has 1 saturated heterocycles. The van der Waals surface area contributed by atoms with Crippen LogP contribution < -0.4 is 5.32 Å². The van der Waals surface area contributed by atoms with Crippen molar-refractivity contribution in [3.8, 4) is 0 Å². The Balaban J connectivity index is 1.85. The van der Waals surface area contributed by atoms with Crippen molar-refractivity contribution in [1.29, 1.82) is 0 Å². The van der Waals surface area contributed by atoms with Crippen molar-refractivity contribution in [3.05, 3.63) is 35.9 Å². The number of β-amino-alcohol motifs (C(OH)–C–C–N with tert-alkyl or cyclic N) is 1. The van der Waals surface area contributed by atoms with Crippen molar-refractivity contribution >= 4 is 22.8 Å². The number of carbonyl (C=O) groups excluding carboxylic acids is 1. The third-order valence-corrected chi connectivity index (χ3v) is 4.07. The van der Waals surface area contributed by atoms with Gasteiger partial charge in [-0.3, -0.25) is 10.2 Å². The van der Waals surface area contributed by atoms with Gasteiger partial charge in [0.15, 0.2) is 0 Å². The summed E-state index contributed by atoms with van der Waals surface area (Å²) in [4.78, 5) is 18.8. The van der Waals surface area contributed by atoms with Crippen LogP contribution in [0.3, 0.4) is 0 Å². The van der Waals surface area contributed by atoms with Crippen LogP contribution in [0.4, 0.5) is 10.6 Å². The number of nitrogens with one attached hydrogen (secondary N) is 1. The molecule has 0 saturated carbocycles. The molecule has 1 aromatic heterocycles. The summed E-state index contributed by atoms with van der Waals surface area (Å²) in [5, 5.41) is 13.5. The smallest absolute Gasteiger partial charge is 0.413 e. The third kappa shape index (κ3) is 4.67. The average Bonchev–Trinajstić information content (AvgIpc) is 2.90. The SMILES string of the molecule is CC(C)(C)OC(=O)Nc1cc(CN2CCC(O)C2)c2ccccc2n1. The Morgan fingerprint density at radius 2 is 2.16 bits per heavy atom. The second-order valence-corrected chi connectivity index (χ2v) is 7.49. The first-order chi connectivity index (χ1) is 11.8. The van der Waals surface area contributed by atoms with Gasteiger partial charge in [0.1, 0.15) is 11.4 Å². The molecule has 1 amide bonds. The van der Waals surface area contributed by atoms with Gasteiger partial charge in [-0.15, -0.1) is 0 Å². The summed E-state index contributed by atoms with van der Waals surface area (Å²) in [5.74, 6) is 0.475. The van der Waals surface area contributed by atoms with Gasteiger partial charge in [0, 0.05) is 25.0 Å². The summed E-state index contributed by atoms with van der Waals surface area (Å²) < 4.78 is 5.31. The second-order valence-electron chi connectivity index (χ2n) is 7.49. The Morgan fingerprint density at radius 3 is 2.84 bits per heavy atom. The van der Waals surface area contributed by atoms with E-state index in [-0.39, 0.29) is 6.10 Å². The van der Waals surface area contributed by atoms with Crippen LogP contribution in [0.2, 0.25) is 0 Å². The number of amides is 1. The number of hydrogen-bond acceptors (Lipinski definition) is 5. The van der Waals surface area contributed by atoms with Crippen LogP contribution in [0.25, 0.3) is 10.9 Å². The number of hydrogen-bond donors (Lipinski definition) is 2. The second kappa shape index (κ2) is 6.98. The van der Waals surface area contributed by atoms with Crippen molar-refractivity contribution in [1.82, 2.24) is 9.88 Å². The highest BCUT2D eigenvalue weighted by atomic mass is 16.6. The Hall–Kier alpha value is -2.18. The van der Waals surface area contributed by atoms with Gasteiger partial charge in [0.25, 0.3) is 0 Å². The van der Waals surface area contributed by atoms with Gasteiger partial charge in [-0.2, -0.15) is 0 Å². The number of aromatic nitrogens is 1. The third-order valence-electron chi connectivity index (χ3n) is 4.07. The van der Waals surface area contributed by atoms with E-state index >= 15 is 0 Å². The highest BCUT2D eigenvalue weighted by Gasteiger charge is 2.22. The number of likely N-dealkylation sites (tertiary alicyclic amines) is 1. The zero-order chi connectivity index (χ0) is 18.0. The fourth-order valence-corrected chi connectivity index (χ4v) is 3.05. The number of carbonyl (C=O) groups is 1. The number of para-hydroxylation sites is 1. The van der Waals surface area contributed by atoms with Crippen LogP contribution in [0.1, 0.15) is 32.8 Å². The van der Waals surface area contributed by atoms with Crippen LogP contribution in [0, 0.1) is 0 Å². The first-order valence-corrected chi connectivity index (χ1v) is 8.59. The number of aliphatic hydroxyl groups excluding tert-OH is 1. The molecule has 1 unspecified atom stereocenters. The van der Waals surface area contributed by atoms with Gasteiger partial charge in [-0.1, -0.05) is 18.2 Å². The normalized spacial score (nSPS) is 18.5. The predicted molar refractivity (Wildman–Crippen MR) is 97.5 cm³/mol. The molecule has 1 aliphatic rings. The number of anilines is 1. The summed E-state index contributed by atoms with van der Waals surface area (Å²) in [5.41, 5.74) is 1.34. The van der Waals surface area contributed by atoms with E-state index in [2.05, 4.69) is 15.2 Å². The number of rotatable bonds is 3. The lowest BCUT2D eigenvalue weighted by atomic mass is 10.1. The van der Waals surface area contributed by atoms with E-state index in [1.807, 2.05) is 51.1 Å². The molecule has 2 N–H and O–H groups in total. The summed E-state index contributed by atoms with van der Waals surface area (Å²) in [6.07, 6.45) is 0.0248. The maximum Gasteiger partial charge on any atom is 0.413 e. The van der Waals surface area contributed by atoms with Gasteiger partial charge in [0.2, 0.25) is 0 Å². The highest BCUT2D eigenvalue weighted by Crippen LogP contribution is 2.24. The van der Waals surface area contributed by atoms with E-state index in [1.54, 1.807) is 0 Å². The van der Waals surface area contributed by atoms with E-state index in [9.17, 15) is 9.90 Å². The molecule has 1 aliphatic heterocycles. The van der Waals surface area contributed by atoms with Gasteiger partial charge in [0.05, 0.1) is 11.6 Å². The van der Waals surface area contributed by atoms with Gasteiger partial charge >= 0.3 is 6.09 Å². The standard InChI is InChI=1S/C19H25N3O3/c1-19(2,3)25-18(24)21-17-10-13(11-22-9-8-14(23)12-22)15-6-4-5-7-16(15)20-17/h4-7,10,14,23H,8-9,11-12H2,1-3H3,(H,20,21,24). The minimum Gasteiger partial charge on any atom is -0.444 e. The molecule has 2 heterocycles. The summed E-state index contributed by atoms with van der Waals surface area (Å²) in [7, 11) is 0. The van der Waals surface area contributed by atoms with Crippen molar-refractivity contribution in [2.24, 2.45) is 0 Å². The highest BCUT2D eigenvalue weighted by molar-refractivity contribution is 5.89. The van der Waals surface area contributed by atoms with Crippen molar-refractivity contribution in [3.63, 3.8) is 0 Å². The first-order valence-electron chi connectivity index (χ1n) is 8.59. The number of nitrogens with zero attached hydrogens (tertiary/aromatic N) is 2. The zero-order valence-corrected chi connectivity index (χ0v) is 15.0. The Kier molecular flexibility index (Phi) is 4.92. The fraction of sp³-hybridized carbons (Fsp3) is 0.474. The molecular weight excluding hydrogens is 318 g/mol. The summed E-state index contributed by atoms with van der Waals surface area (Å²) in [6, 6.07) is 9.75. The maximum absolute atomic E-state index is 12.0. The molecule has 0 radical (unpaired) electrons. The predicted octanol–water partition coefficient (Wildman–Crippen LogP) is 3.15. The fourth-order valence-electron chi connectivity index (χ4n) is 3.05.